The van der Waals surface area contributed by atoms with Crippen molar-refractivity contribution in [3.05, 3.63) is 22.6 Å². The minimum atomic E-state index is 0.277. The summed E-state index contributed by atoms with van der Waals surface area (Å²) in [7, 11) is 1.96. The molecule has 0 saturated heterocycles. The van der Waals surface area contributed by atoms with Crippen molar-refractivity contribution in [2.45, 2.75) is 33.2 Å². The molecular weight excluding hydrogens is 242 g/mol. The molecule has 1 aromatic heterocycles. The quantitative estimate of drug-likeness (QED) is 0.895. The molecule has 0 bridgehead atoms. The Labute approximate surface area is 94.2 Å². The zero-order chi connectivity index (χ0) is 10.8. The third kappa shape index (κ3) is 3.14. The minimum Gasteiger partial charge on any atom is -0.466 e. The molecule has 1 aromatic rings. The highest BCUT2D eigenvalue weighted by atomic mass is 79.9. The van der Waals surface area contributed by atoms with Crippen molar-refractivity contribution in [2.24, 2.45) is 5.41 Å². The monoisotopic (exact) mass is 259 g/mol. The van der Waals surface area contributed by atoms with Crippen LogP contribution in [0.3, 0.4) is 0 Å². The van der Waals surface area contributed by atoms with Gasteiger partial charge >= 0.3 is 0 Å². The molecule has 0 aliphatic carbocycles. The lowest BCUT2D eigenvalue weighted by Crippen LogP contribution is -2.22. The van der Waals surface area contributed by atoms with Crippen LogP contribution in [0.25, 0.3) is 0 Å². The van der Waals surface area contributed by atoms with E-state index in [1.807, 2.05) is 13.1 Å². The first-order chi connectivity index (χ1) is 6.44. The summed E-state index contributed by atoms with van der Waals surface area (Å²) in [5.41, 5.74) is 0.292. The van der Waals surface area contributed by atoms with Crippen LogP contribution >= 0.6 is 15.9 Å². The third-order valence-electron chi connectivity index (χ3n) is 2.13. The summed E-state index contributed by atoms with van der Waals surface area (Å²) < 4.78 is 6.50. The Morgan fingerprint density at radius 2 is 2.14 bits per heavy atom. The van der Waals surface area contributed by atoms with E-state index >= 15 is 0 Å². The first-order valence-corrected chi connectivity index (χ1v) is 5.63. The average Bonchev–Trinajstić information content (AvgIpc) is 2.45. The van der Waals surface area contributed by atoms with Crippen LogP contribution in [0, 0.1) is 5.41 Å². The Hall–Kier alpha value is -0.280. The number of nitrogens with one attached hydrogen (secondary N) is 1. The Morgan fingerprint density at radius 1 is 1.50 bits per heavy atom. The van der Waals surface area contributed by atoms with E-state index in [4.69, 9.17) is 4.42 Å². The van der Waals surface area contributed by atoms with E-state index in [2.05, 4.69) is 42.0 Å². The Morgan fingerprint density at radius 3 is 2.50 bits per heavy atom. The number of hydrogen-bond acceptors (Lipinski definition) is 2. The fraction of sp³-hybridized carbons (Fsp3) is 0.636. The van der Waals surface area contributed by atoms with Crippen molar-refractivity contribution in [1.82, 2.24) is 5.32 Å². The summed E-state index contributed by atoms with van der Waals surface area (Å²) in [5, 5.41) is 3.28. The molecular formula is C11H18BrNO. The van der Waals surface area contributed by atoms with Gasteiger partial charge in [0.25, 0.3) is 0 Å². The Bertz CT molecular complexity index is 288. The second kappa shape index (κ2) is 4.49. The topological polar surface area (TPSA) is 25.2 Å². The maximum atomic E-state index is 5.45. The van der Waals surface area contributed by atoms with Gasteiger partial charge in [-0.25, -0.2) is 0 Å². The standard InChI is InChI=1S/C11H18BrNO/c1-11(2,3)7-9(13-4)10-8(12)5-6-14-10/h5-6,9,13H,7H2,1-4H3. The minimum absolute atomic E-state index is 0.277. The molecule has 1 atom stereocenters. The van der Waals surface area contributed by atoms with Crippen molar-refractivity contribution in [1.29, 1.82) is 0 Å². The number of furan rings is 1. The molecule has 80 valence electrons. The van der Waals surface area contributed by atoms with Gasteiger partial charge in [-0.2, -0.15) is 0 Å². The summed E-state index contributed by atoms with van der Waals surface area (Å²) in [6, 6.07) is 2.21. The van der Waals surface area contributed by atoms with E-state index in [-0.39, 0.29) is 6.04 Å². The first kappa shape index (κ1) is 11.8. The SMILES string of the molecule is CNC(CC(C)(C)C)c1occc1Br. The van der Waals surface area contributed by atoms with E-state index in [1.54, 1.807) is 6.26 Å². The fourth-order valence-corrected chi connectivity index (χ4v) is 1.97. The maximum Gasteiger partial charge on any atom is 0.134 e. The second-order valence-electron chi connectivity index (χ2n) is 4.74. The molecule has 0 radical (unpaired) electrons. The maximum absolute atomic E-state index is 5.45. The summed E-state index contributed by atoms with van der Waals surface area (Å²) in [4.78, 5) is 0. The lowest BCUT2D eigenvalue weighted by atomic mass is 9.87. The van der Waals surface area contributed by atoms with Crippen LogP contribution in [0.1, 0.15) is 39.0 Å². The zero-order valence-corrected chi connectivity index (χ0v) is 10.8. The second-order valence-corrected chi connectivity index (χ2v) is 5.59. The molecule has 2 nitrogen and oxygen atoms in total. The van der Waals surface area contributed by atoms with Gasteiger partial charge < -0.3 is 9.73 Å². The van der Waals surface area contributed by atoms with Crippen molar-refractivity contribution in [3.8, 4) is 0 Å². The van der Waals surface area contributed by atoms with Crippen LogP contribution in [0.15, 0.2) is 21.2 Å². The summed E-state index contributed by atoms with van der Waals surface area (Å²) >= 11 is 3.48. The number of halogens is 1. The zero-order valence-electron chi connectivity index (χ0n) is 9.23. The van der Waals surface area contributed by atoms with E-state index in [1.165, 1.54) is 0 Å². The molecule has 3 heteroatoms. The van der Waals surface area contributed by atoms with Crippen LogP contribution in [0.2, 0.25) is 0 Å². The van der Waals surface area contributed by atoms with Gasteiger partial charge in [0.2, 0.25) is 0 Å². The highest BCUT2D eigenvalue weighted by Crippen LogP contribution is 2.33. The van der Waals surface area contributed by atoms with Crippen LogP contribution in [-0.2, 0) is 0 Å². The van der Waals surface area contributed by atoms with E-state index in [0.29, 0.717) is 5.41 Å². The molecule has 0 saturated carbocycles. The smallest absolute Gasteiger partial charge is 0.134 e. The molecule has 1 heterocycles. The highest BCUT2D eigenvalue weighted by molar-refractivity contribution is 9.10. The Balaban J connectivity index is 2.78. The molecule has 0 aliphatic heterocycles. The molecule has 0 spiro atoms. The third-order valence-corrected chi connectivity index (χ3v) is 2.78. The molecule has 1 N–H and O–H groups in total. The normalized spacial score (nSPS) is 14.4. The van der Waals surface area contributed by atoms with Crippen LogP contribution < -0.4 is 5.32 Å². The predicted octanol–water partition coefficient (Wildman–Crippen LogP) is 3.74. The summed E-state index contributed by atoms with van der Waals surface area (Å²) in [6.45, 7) is 6.69. The van der Waals surface area contributed by atoms with Gasteiger partial charge in [-0.15, -0.1) is 0 Å². The van der Waals surface area contributed by atoms with Gasteiger partial charge in [0.15, 0.2) is 0 Å². The van der Waals surface area contributed by atoms with Crippen LogP contribution in [-0.4, -0.2) is 7.05 Å². The molecule has 0 aliphatic rings. The lowest BCUT2D eigenvalue weighted by Gasteiger charge is -2.24. The summed E-state index contributed by atoms with van der Waals surface area (Å²) in [6.07, 6.45) is 2.77. The van der Waals surface area contributed by atoms with Gasteiger partial charge in [0.05, 0.1) is 16.8 Å². The molecule has 0 amide bonds. The molecule has 0 fully saturated rings. The highest BCUT2D eigenvalue weighted by Gasteiger charge is 2.22. The molecule has 14 heavy (non-hydrogen) atoms. The Kier molecular flexibility index (Phi) is 3.78. The van der Waals surface area contributed by atoms with Gasteiger partial charge in [-0.05, 0) is 40.9 Å². The van der Waals surface area contributed by atoms with Crippen LogP contribution in [0.4, 0.5) is 0 Å². The van der Waals surface area contributed by atoms with E-state index < -0.39 is 0 Å². The van der Waals surface area contributed by atoms with Crippen molar-refractivity contribution in [3.63, 3.8) is 0 Å². The molecule has 0 aromatic carbocycles. The molecule has 1 rings (SSSR count). The fourth-order valence-electron chi connectivity index (χ4n) is 1.49. The lowest BCUT2D eigenvalue weighted by molar-refractivity contribution is 0.292. The largest absolute Gasteiger partial charge is 0.466 e. The summed E-state index contributed by atoms with van der Waals surface area (Å²) in [5.74, 6) is 0.988. The van der Waals surface area contributed by atoms with Gasteiger partial charge in [0, 0.05) is 0 Å². The average molecular weight is 260 g/mol. The van der Waals surface area contributed by atoms with Crippen LogP contribution in [0.5, 0.6) is 0 Å². The predicted molar refractivity (Wildman–Crippen MR) is 62.3 cm³/mol. The first-order valence-electron chi connectivity index (χ1n) is 4.84. The number of rotatable bonds is 3. The van der Waals surface area contributed by atoms with E-state index in [0.717, 1.165) is 16.7 Å². The van der Waals surface area contributed by atoms with Gasteiger partial charge in [-0.1, -0.05) is 20.8 Å². The molecule has 1 unspecified atom stereocenters. The van der Waals surface area contributed by atoms with Gasteiger partial charge in [0.1, 0.15) is 5.76 Å². The van der Waals surface area contributed by atoms with E-state index in [9.17, 15) is 0 Å². The van der Waals surface area contributed by atoms with Crippen molar-refractivity contribution in [2.75, 3.05) is 7.05 Å². The van der Waals surface area contributed by atoms with Crippen molar-refractivity contribution >= 4 is 15.9 Å². The van der Waals surface area contributed by atoms with Crippen molar-refractivity contribution < 1.29 is 4.42 Å². The van der Waals surface area contributed by atoms with Gasteiger partial charge in [-0.3, -0.25) is 0 Å². The number of hydrogen-bond donors (Lipinski definition) is 1.